The maximum atomic E-state index is 12.7. The molecule has 0 aromatic heterocycles. The molecule has 2 aromatic carbocycles. The molecule has 31 heavy (non-hydrogen) atoms. The van der Waals surface area contributed by atoms with E-state index in [0.717, 1.165) is 5.56 Å². The van der Waals surface area contributed by atoms with Crippen LogP contribution in [0.2, 0.25) is 0 Å². The van der Waals surface area contributed by atoms with Crippen molar-refractivity contribution in [3.63, 3.8) is 0 Å². The lowest BCUT2D eigenvalue weighted by atomic mass is 9.79. The number of hydrogen-bond donors (Lipinski definition) is 1. The number of ether oxygens (including phenoxy) is 2. The Hall–Kier alpha value is -3.68. The molecule has 8 nitrogen and oxygen atoms in total. The standard InChI is InChI=1S/C23H22N2O6/c1-13-16-9-14(7-8-15(16)20(11-26)31-25-13)24-22(28)18(27)10-23(2,3)17-5-4-6-19-21(17)30-12-29-19/h4-9,11,20H,10,12H2,1-3H3,(H,24,28). The number of aldehydes is 1. The second kappa shape index (κ2) is 7.86. The Kier molecular flexibility index (Phi) is 5.22. The first-order chi connectivity index (χ1) is 14.8. The highest BCUT2D eigenvalue weighted by Gasteiger charge is 2.33. The smallest absolute Gasteiger partial charge is 0.291 e. The average Bonchev–Trinajstić information content (AvgIpc) is 3.23. The van der Waals surface area contributed by atoms with Crippen molar-refractivity contribution in [2.24, 2.45) is 5.16 Å². The van der Waals surface area contributed by atoms with Crippen molar-refractivity contribution in [2.75, 3.05) is 12.1 Å². The highest BCUT2D eigenvalue weighted by atomic mass is 16.7. The third-order valence-corrected chi connectivity index (χ3v) is 5.42. The monoisotopic (exact) mass is 422 g/mol. The SMILES string of the molecule is CC1=NOC(C=O)c2ccc(NC(=O)C(=O)CC(C)(C)c3cccc4c3OCO4)cc21. The molecule has 0 fully saturated rings. The molecular formula is C23H22N2O6. The van der Waals surface area contributed by atoms with E-state index in [1.807, 2.05) is 26.0 Å². The fraction of sp³-hybridized carbons (Fsp3) is 0.304. The Labute approximate surface area is 179 Å². The van der Waals surface area contributed by atoms with Gasteiger partial charge in [0, 0.05) is 34.2 Å². The summed E-state index contributed by atoms with van der Waals surface area (Å²) in [5.74, 6) is -0.0339. The van der Waals surface area contributed by atoms with Crippen LogP contribution in [0.25, 0.3) is 0 Å². The number of benzene rings is 2. The number of oxime groups is 1. The number of nitrogens with zero attached hydrogens (tertiary/aromatic N) is 1. The van der Waals surface area contributed by atoms with Crippen LogP contribution in [0.4, 0.5) is 5.69 Å². The number of ketones is 1. The molecule has 1 amide bonds. The Balaban J connectivity index is 1.49. The number of fused-ring (bicyclic) bond motifs is 2. The molecule has 1 N–H and O–H groups in total. The molecule has 1 unspecified atom stereocenters. The number of anilines is 1. The van der Waals surface area contributed by atoms with E-state index >= 15 is 0 Å². The second-order valence-corrected chi connectivity index (χ2v) is 8.12. The van der Waals surface area contributed by atoms with E-state index in [1.54, 1.807) is 31.2 Å². The highest BCUT2D eigenvalue weighted by molar-refractivity contribution is 6.40. The van der Waals surface area contributed by atoms with Gasteiger partial charge in [0.2, 0.25) is 18.7 Å². The minimum absolute atomic E-state index is 0.00880. The van der Waals surface area contributed by atoms with Crippen LogP contribution in [0.3, 0.4) is 0 Å². The summed E-state index contributed by atoms with van der Waals surface area (Å²) in [5, 5.41) is 6.52. The van der Waals surface area contributed by atoms with Crippen LogP contribution >= 0.6 is 0 Å². The zero-order valence-corrected chi connectivity index (χ0v) is 17.4. The summed E-state index contributed by atoms with van der Waals surface area (Å²) >= 11 is 0. The maximum absolute atomic E-state index is 12.7. The molecular weight excluding hydrogens is 400 g/mol. The molecule has 8 heteroatoms. The largest absolute Gasteiger partial charge is 0.454 e. The third-order valence-electron chi connectivity index (χ3n) is 5.42. The molecule has 0 aliphatic carbocycles. The first kappa shape index (κ1) is 20.6. The van der Waals surface area contributed by atoms with Crippen LogP contribution in [0.15, 0.2) is 41.6 Å². The Morgan fingerprint density at radius 2 is 2.03 bits per heavy atom. The minimum atomic E-state index is -0.787. The number of Topliss-reactive ketones (excluding diaryl/α,β-unsaturated/α-hetero) is 1. The summed E-state index contributed by atoms with van der Waals surface area (Å²) in [6.07, 6.45) is -0.136. The van der Waals surface area contributed by atoms with E-state index in [0.29, 0.717) is 40.3 Å². The Bertz CT molecular complexity index is 1110. The predicted molar refractivity (Wildman–Crippen MR) is 112 cm³/mol. The second-order valence-electron chi connectivity index (χ2n) is 8.12. The fourth-order valence-corrected chi connectivity index (χ4v) is 3.78. The van der Waals surface area contributed by atoms with Crippen molar-refractivity contribution in [3.05, 3.63) is 53.1 Å². The van der Waals surface area contributed by atoms with E-state index in [-0.39, 0.29) is 13.2 Å². The number of carbonyl (C=O) groups is 3. The van der Waals surface area contributed by atoms with Gasteiger partial charge in [-0.3, -0.25) is 14.4 Å². The molecule has 2 aliphatic heterocycles. The van der Waals surface area contributed by atoms with E-state index < -0.39 is 23.2 Å². The van der Waals surface area contributed by atoms with Gasteiger partial charge in [0.25, 0.3) is 5.91 Å². The van der Waals surface area contributed by atoms with E-state index in [4.69, 9.17) is 14.3 Å². The van der Waals surface area contributed by atoms with Gasteiger partial charge in [0.1, 0.15) is 0 Å². The van der Waals surface area contributed by atoms with Crippen LogP contribution in [0.5, 0.6) is 11.5 Å². The zero-order valence-electron chi connectivity index (χ0n) is 17.4. The van der Waals surface area contributed by atoms with Crippen LogP contribution in [0.1, 0.15) is 50.0 Å². The Morgan fingerprint density at radius 1 is 1.23 bits per heavy atom. The number of rotatable bonds is 6. The van der Waals surface area contributed by atoms with E-state index in [1.165, 1.54) is 0 Å². The molecule has 160 valence electrons. The van der Waals surface area contributed by atoms with Crippen LogP contribution in [0, 0.1) is 0 Å². The van der Waals surface area contributed by atoms with Crippen molar-refractivity contribution in [1.82, 2.24) is 0 Å². The van der Waals surface area contributed by atoms with Crippen molar-refractivity contribution in [1.29, 1.82) is 0 Å². The van der Waals surface area contributed by atoms with Gasteiger partial charge in [0.05, 0.1) is 5.71 Å². The van der Waals surface area contributed by atoms with Gasteiger partial charge in [-0.25, -0.2) is 0 Å². The number of nitrogens with one attached hydrogen (secondary N) is 1. The molecule has 1 atom stereocenters. The molecule has 0 saturated heterocycles. The summed E-state index contributed by atoms with van der Waals surface area (Å²) in [6, 6.07) is 10.5. The summed E-state index contributed by atoms with van der Waals surface area (Å²) in [7, 11) is 0. The molecule has 0 saturated carbocycles. The number of para-hydroxylation sites is 1. The summed E-state index contributed by atoms with van der Waals surface area (Å²) in [6.45, 7) is 5.64. The van der Waals surface area contributed by atoms with Crippen molar-refractivity contribution in [3.8, 4) is 11.5 Å². The van der Waals surface area contributed by atoms with E-state index in [9.17, 15) is 14.4 Å². The van der Waals surface area contributed by atoms with Gasteiger partial charge in [-0.2, -0.15) is 0 Å². The van der Waals surface area contributed by atoms with Gasteiger partial charge in [-0.15, -0.1) is 0 Å². The summed E-state index contributed by atoms with van der Waals surface area (Å²) < 4.78 is 11.0. The normalized spacial score (nSPS) is 16.6. The van der Waals surface area contributed by atoms with Gasteiger partial charge in [0.15, 0.2) is 17.8 Å². The van der Waals surface area contributed by atoms with Crippen LogP contribution in [-0.4, -0.2) is 30.5 Å². The highest BCUT2D eigenvalue weighted by Crippen LogP contribution is 2.42. The minimum Gasteiger partial charge on any atom is -0.454 e. The van der Waals surface area contributed by atoms with Gasteiger partial charge in [-0.05, 0) is 25.1 Å². The topological polar surface area (TPSA) is 103 Å². The third kappa shape index (κ3) is 3.88. The molecule has 4 rings (SSSR count). The average molecular weight is 422 g/mol. The van der Waals surface area contributed by atoms with Crippen molar-refractivity contribution in [2.45, 2.75) is 38.7 Å². The van der Waals surface area contributed by atoms with Gasteiger partial charge < -0.3 is 19.6 Å². The molecule has 2 heterocycles. The lowest BCUT2D eigenvalue weighted by Crippen LogP contribution is -2.30. The lowest BCUT2D eigenvalue weighted by Gasteiger charge is -2.25. The lowest BCUT2D eigenvalue weighted by molar-refractivity contribution is -0.135. The van der Waals surface area contributed by atoms with Gasteiger partial charge >= 0.3 is 0 Å². The molecule has 2 aliphatic rings. The molecule has 0 radical (unpaired) electrons. The number of amides is 1. The zero-order chi connectivity index (χ0) is 22.2. The van der Waals surface area contributed by atoms with Crippen molar-refractivity contribution >= 4 is 29.4 Å². The quantitative estimate of drug-likeness (QED) is 0.566. The molecule has 0 spiro atoms. The maximum Gasteiger partial charge on any atom is 0.291 e. The van der Waals surface area contributed by atoms with E-state index in [2.05, 4.69) is 10.5 Å². The van der Waals surface area contributed by atoms with Crippen LogP contribution in [-0.2, 0) is 24.6 Å². The Morgan fingerprint density at radius 3 is 2.81 bits per heavy atom. The molecule has 2 aromatic rings. The summed E-state index contributed by atoms with van der Waals surface area (Å²) in [4.78, 5) is 41.6. The predicted octanol–water partition coefficient (Wildman–Crippen LogP) is 3.29. The van der Waals surface area contributed by atoms with Crippen molar-refractivity contribution < 1.29 is 28.7 Å². The first-order valence-corrected chi connectivity index (χ1v) is 9.83. The number of hydrogen-bond acceptors (Lipinski definition) is 7. The molecule has 0 bridgehead atoms. The fourth-order valence-electron chi connectivity index (χ4n) is 3.78. The number of carbonyl (C=O) groups excluding carboxylic acids is 3. The van der Waals surface area contributed by atoms with Crippen LogP contribution < -0.4 is 14.8 Å². The summed E-state index contributed by atoms with van der Waals surface area (Å²) in [5.41, 5.74) is 2.54. The first-order valence-electron chi connectivity index (χ1n) is 9.83. The van der Waals surface area contributed by atoms with Gasteiger partial charge in [-0.1, -0.05) is 37.2 Å².